The Morgan fingerprint density at radius 3 is 2.95 bits per heavy atom. The van der Waals surface area contributed by atoms with Gasteiger partial charge in [-0.3, -0.25) is 0 Å². The normalized spacial score (nSPS) is 18.0. The summed E-state index contributed by atoms with van der Waals surface area (Å²) in [4.78, 5) is 14.4. The molecule has 0 bridgehead atoms. The average molecular weight is 322 g/mol. The fourth-order valence-corrected chi connectivity index (χ4v) is 3.93. The first kappa shape index (κ1) is 14.4. The van der Waals surface area contributed by atoms with Crippen molar-refractivity contribution in [3.63, 3.8) is 0 Å². The molecule has 2 aromatic rings. The van der Waals surface area contributed by atoms with E-state index in [-0.39, 0.29) is 11.4 Å². The summed E-state index contributed by atoms with van der Waals surface area (Å²) in [7, 11) is 2.00. The molecule has 21 heavy (non-hydrogen) atoms. The van der Waals surface area contributed by atoms with Crippen molar-refractivity contribution in [1.29, 1.82) is 0 Å². The van der Waals surface area contributed by atoms with Crippen LogP contribution >= 0.6 is 23.4 Å². The lowest BCUT2D eigenvalue weighted by molar-refractivity contribution is 0.213. The van der Waals surface area contributed by atoms with Crippen LogP contribution in [0.5, 0.6) is 0 Å². The van der Waals surface area contributed by atoms with Crippen molar-refractivity contribution in [2.24, 2.45) is 7.05 Å². The standard InChI is InChI=1S/C15H16ClN3OS/c1-18-7-3-6-13(18)14-19(8-9-21-14)15(20)17-12-5-2-4-11(16)10-12/h2-7,10,14H,8-9H2,1H3,(H,17,20)/t14-/m1/s1. The Morgan fingerprint density at radius 2 is 2.24 bits per heavy atom. The summed E-state index contributed by atoms with van der Waals surface area (Å²) < 4.78 is 2.06. The molecule has 1 aromatic heterocycles. The predicted octanol–water partition coefficient (Wildman–Crippen LogP) is 3.96. The van der Waals surface area contributed by atoms with E-state index in [1.54, 1.807) is 23.9 Å². The van der Waals surface area contributed by atoms with Crippen LogP contribution in [0.4, 0.5) is 10.5 Å². The Kier molecular flexibility index (Phi) is 4.12. The molecule has 110 valence electrons. The number of thioether (sulfide) groups is 1. The molecule has 2 amide bonds. The Balaban J connectivity index is 1.76. The molecule has 1 aliphatic heterocycles. The molecule has 0 aliphatic carbocycles. The maximum absolute atomic E-state index is 12.5. The number of urea groups is 1. The Labute approximate surface area is 133 Å². The Hall–Kier alpha value is -1.59. The van der Waals surface area contributed by atoms with E-state index < -0.39 is 0 Å². The zero-order valence-electron chi connectivity index (χ0n) is 11.6. The minimum atomic E-state index is -0.0894. The molecular formula is C15H16ClN3OS. The largest absolute Gasteiger partial charge is 0.352 e. The van der Waals surface area contributed by atoms with Gasteiger partial charge in [0.25, 0.3) is 0 Å². The lowest BCUT2D eigenvalue weighted by Gasteiger charge is -2.24. The molecule has 4 nitrogen and oxygen atoms in total. The lowest BCUT2D eigenvalue weighted by Crippen LogP contribution is -2.34. The molecule has 1 atom stereocenters. The second kappa shape index (κ2) is 6.03. The van der Waals surface area contributed by atoms with Crippen LogP contribution in [0.25, 0.3) is 0 Å². The number of hydrogen-bond donors (Lipinski definition) is 1. The maximum atomic E-state index is 12.5. The number of carbonyl (C=O) groups is 1. The van der Waals surface area contributed by atoms with Gasteiger partial charge in [0.05, 0.1) is 5.69 Å². The number of aryl methyl sites for hydroxylation is 1. The van der Waals surface area contributed by atoms with Crippen LogP contribution in [-0.2, 0) is 7.05 Å². The highest BCUT2D eigenvalue weighted by Gasteiger charge is 2.32. The second-order valence-electron chi connectivity index (χ2n) is 4.90. The third-order valence-electron chi connectivity index (χ3n) is 3.46. The van der Waals surface area contributed by atoms with Crippen molar-refractivity contribution in [3.05, 3.63) is 53.3 Å². The number of benzene rings is 1. The van der Waals surface area contributed by atoms with Crippen LogP contribution in [-0.4, -0.2) is 27.8 Å². The number of carbonyl (C=O) groups excluding carboxylic acids is 1. The van der Waals surface area contributed by atoms with Crippen molar-refractivity contribution in [2.75, 3.05) is 17.6 Å². The molecule has 1 fully saturated rings. The van der Waals surface area contributed by atoms with Crippen LogP contribution in [0.15, 0.2) is 42.6 Å². The smallest absolute Gasteiger partial charge is 0.323 e. The average Bonchev–Trinajstić information content (AvgIpc) is 3.06. The molecule has 1 aliphatic rings. The summed E-state index contributed by atoms with van der Waals surface area (Å²) in [5.74, 6) is 0.943. The number of halogens is 1. The molecule has 0 unspecified atom stereocenters. The minimum absolute atomic E-state index is 0.0594. The van der Waals surface area contributed by atoms with Gasteiger partial charge in [-0.2, -0.15) is 0 Å². The van der Waals surface area contributed by atoms with Gasteiger partial charge in [0.15, 0.2) is 0 Å². The first-order chi connectivity index (χ1) is 10.1. The minimum Gasteiger partial charge on any atom is -0.352 e. The summed E-state index contributed by atoms with van der Waals surface area (Å²) in [6.07, 6.45) is 2.00. The summed E-state index contributed by atoms with van der Waals surface area (Å²) in [6, 6.07) is 11.2. The van der Waals surface area contributed by atoms with Gasteiger partial charge in [0.2, 0.25) is 0 Å². The predicted molar refractivity (Wildman–Crippen MR) is 87.8 cm³/mol. The van der Waals surface area contributed by atoms with Gasteiger partial charge in [0, 0.05) is 36.3 Å². The number of nitrogens with zero attached hydrogens (tertiary/aromatic N) is 2. The fraction of sp³-hybridized carbons (Fsp3) is 0.267. The SMILES string of the molecule is Cn1cccc1[C@H]1SCCN1C(=O)Nc1cccc(Cl)c1. The van der Waals surface area contributed by atoms with E-state index in [1.807, 2.05) is 36.3 Å². The van der Waals surface area contributed by atoms with E-state index in [4.69, 9.17) is 11.6 Å². The van der Waals surface area contributed by atoms with E-state index in [0.717, 1.165) is 23.7 Å². The number of hydrogen-bond acceptors (Lipinski definition) is 2. The summed E-state index contributed by atoms with van der Waals surface area (Å²) in [5.41, 5.74) is 1.86. The quantitative estimate of drug-likeness (QED) is 0.909. The number of rotatable bonds is 2. The van der Waals surface area contributed by atoms with Gasteiger partial charge >= 0.3 is 6.03 Å². The van der Waals surface area contributed by atoms with Crippen molar-refractivity contribution in [3.8, 4) is 0 Å². The molecule has 6 heteroatoms. The van der Waals surface area contributed by atoms with E-state index in [1.165, 1.54) is 0 Å². The van der Waals surface area contributed by atoms with Crippen LogP contribution in [0.3, 0.4) is 0 Å². The first-order valence-corrected chi connectivity index (χ1v) is 8.14. The van der Waals surface area contributed by atoms with Crippen molar-refractivity contribution in [2.45, 2.75) is 5.37 Å². The van der Waals surface area contributed by atoms with E-state index in [9.17, 15) is 4.79 Å². The van der Waals surface area contributed by atoms with Gasteiger partial charge in [0.1, 0.15) is 5.37 Å². The third-order valence-corrected chi connectivity index (χ3v) is 4.93. The highest BCUT2D eigenvalue weighted by Crippen LogP contribution is 2.38. The molecule has 0 spiro atoms. The number of anilines is 1. The zero-order chi connectivity index (χ0) is 14.8. The van der Waals surface area contributed by atoms with Gasteiger partial charge in [-0.1, -0.05) is 17.7 Å². The first-order valence-electron chi connectivity index (χ1n) is 6.71. The molecule has 1 saturated heterocycles. The Morgan fingerprint density at radius 1 is 1.38 bits per heavy atom. The molecule has 0 radical (unpaired) electrons. The summed E-state index contributed by atoms with van der Waals surface area (Å²) in [6.45, 7) is 0.743. The fourth-order valence-electron chi connectivity index (χ4n) is 2.42. The molecule has 2 heterocycles. The molecule has 3 rings (SSSR count). The van der Waals surface area contributed by atoms with Gasteiger partial charge < -0.3 is 14.8 Å². The summed E-state index contributed by atoms with van der Waals surface area (Å²) in [5, 5.41) is 3.59. The maximum Gasteiger partial charge on any atom is 0.323 e. The van der Waals surface area contributed by atoms with Crippen molar-refractivity contribution in [1.82, 2.24) is 9.47 Å². The highest BCUT2D eigenvalue weighted by molar-refractivity contribution is 7.99. The van der Waals surface area contributed by atoms with E-state index >= 15 is 0 Å². The van der Waals surface area contributed by atoms with E-state index in [0.29, 0.717) is 5.02 Å². The van der Waals surface area contributed by atoms with E-state index in [2.05, 4.69) is 16.0 Å². The molecule has 1 aromatic carbocycles. The molecule has 0 saturated carbocycles. The monoisotopic (exact) mass is 321 g/mol. The van der Waals surface area contributed by atoms with Gasteiger partial charge in [-0.05, 0) is 30.3 Å². The Bertz CT molecular complexity index is 658. The second-order valence-corrected chi connectivity index (χ2v) is 6.53. The van der Waals surface area contributed by atoms with Crippen LogP contribution in [0.1, 0.15) is 11.1 Å². The lowest BCUT2D eigenvalue weighted by atomic mass is 10.3. The van der Waals surface area contributed by atoms with Crippen LogP contribution in [0, 0.1) is 0 Å². The number of aromatic nitrogens is 1. The van der Waals surface area contributed by atoms with Gasteiger partial charge in [-0.15, -0.1) is 11.8 Å². The van der Waals surface area contributed by atoms with Crippen molar-refractivity contribution < 1.29 is 4.79 Å². The summed E-state index contributed by atoms with van der Waals surface area (Å²) >= 11 is 7.73. The topological polar surface area (TPSA) is 37.3 Å². The van der Waals surface area contributed by atoms with Crippen LogP contribution in [0.2, 0.25) is 5.02 Å². The van der Waals surface area contributed by atoms with Crippen LogP contribution < -0.4 is 5.32 Å². The molecule has 1 N–H and O–H groups in total. The van der Waals surface area contributed by atoms with Gasteiger partial charge in [-0.25, -0.2) is 4.79 Å². The third kappa shape index (κ3) is 3.04. The number of amides is 2. The number of nitrogens with one attached hydrogen (secondary N) is 1. The zero-order valence-corrected chi connectivity index (χ0v) is 13.2. The highest BCUT2D eigenvalue weighted by atomic mass is 35.5. The van der Waals surface area contributed by atoms with Crippen molar-refractivity contribution >= 4 is 35.1 Å². The molecular weight excluding hydrogens is 306 g/mol.